The number of hydrogen-bond acceptors (Lipinski definition) is 3. The second-order valence-electron chi connectivity index (χ2n) is 5.77. The van der Waals surface area contributed by atoms with Crippen molar-refractivity contribution >= 4 is 0 Å². The van der Waals surface area contributed by atoms with Crippen LogP contribution >= 0.6 is 0 Å². The minimum Gasteiger partial charge on any atom is -0.383 e. The molecule has 3 unspecified atom stereocenters. The fourth-order valence-electron chi connectivity index (χ4n) is 3.16. The second-order valence-corrected chi connectivity index (χ2v) is 5.77. The largest absolute Gasteiger partial charge is 0.383 e. The first-order chi connectivity index (χ1) is 8.41. The lowest BCUT2D eigenvalue weighted by Crippen LogP contribution is -2.47. The summed E-state index contributed by atoms with van der Waals surface area (Å²) in [5.41, 5.74) is 4.96. The Morgan fingerprint density at radius 2 is 2.33 bits per heavy atom. The number of pyridine rings is 1. The van der Waals surface area contributed by atoms with E-state index in [0.29, 0.717) is 18.2 Å². The second kappa shape index (κ2) is 4.59. The zero-order valence-electron chi connectivity index (χ0n) is 11.0. The summed E-state index contributed by atoms with van der Waals surface area (Å²) in [5.74, 6) is 0.164. The summed E-state index contributed by atoms with van der Waals surface area (Å²) in [5, 5.41) is 10.9. The lowest BCUT2D eigenvalue weighted by atomic mass is 9.69. The van der Waals surface area contributed by atoms with Crippen molar-refractivity contribution in [3.63, 3.8) is 0 Å². The molecule has 0 aliphatic heterocycles. The molecule has 1 fully saturated rings. The maximum atomic E-state index is 12.9. The van der Waals surface area contributed by atoms with Gasteiger partial charge >= 0.3 is 0 Å². The summed E-state index contributed by atoms with van der Waals surface area (Å²) < 4.78 is 12.9. The van der Waals surface area contributed by atoms with Crippen LogP contribution < -0.4 is 5.73 Å². The van der Waals surface area contributed by atoms with Crippen LogP contribution in [0.1, 0.15) is 38.8 Å². The van der Waals surface area contributed by atoms with Crippen LogP contribution in [-0.4, -0.2) is 16.6 Å². The molecular formula is C14H21FN2O. The van der Waals surface area contributed by atoms with Gasteiger partial charge in [-0.1, -0.05) is 6.92 Å². The van der Waals surface area contributed by atoms with E-state index in [1.54, 1.807) is 13.0 Å². The van der Waals surface area contributed by atoms with Gasteiger partial charge < -0.3 is 10.8 Å². The fraction of sp³-hybridized carbons (Fsp3) is 0.643. The van der Waals surface area contributed by atoms with E-state index >= 15 is 0 Å². The molecule has 1 saturated carbocycles. The number of hydrogen-bond donors (Lipinski definition) is 2. The Hall–Kier alpha value is -1.00. The Labute approximate surface area is 107 Å². The van der Waals surface area contributed by atoms with Gasteiger partial charge in [-0.3, -0.25) is 4.98 Å². The van der Waals surface area contributed by atoms with Crippen LogP contribution in [0.3, 0.4) is 0 Å². The molecule has 18 heavy (non-hydrogen) atoms. The van der Waals surface area contributed by atoms with Gasteiger partial charge in [0, 0.05) is 12.0 Å². The van der Waals surface area contributed by atoms with Crippen molar-refractivity contribution in [2.45, 2.75) is 38.7 Å². The molecule has 1 aromatic rings. The lowest BCUT2D eigenvalue weighted by molar-refractivity contribution is -0.0745. The van der Waals surface area contributed by atoms with E-state index in [4.69, 9.17) is 5.73 Å². The third-order valence-electron chi connectivity index (χ3n) is 4.50. The Balaban J connectivity index is 2.37. The van der Waals surface area contributed by atoms with Gasteiger partial charge in [0.15, 0.2) is 0 Å². The van der Waals surface area contributed by atoms with Crippen molar-refractivity contribution in [2.75, 3.05) is 6.54 Å². The Bertz CT molecular complexity index is 418. The molecule has 0 amide bonds. The van der Waals surface area contributed by atoms with Crippen LogP contribution in [0, 0.1) is 17.2 Å². The predicted molar refractivity (Wildman–Crippen MR) is 68.3 cm³/mol. The summed E-state index contributed by atoms with van der Waals surface area (Å²) in [7, 11) is 0. The summed E-state index contributed by atoms with van der Waals surface area (Å²) >= 11 is 0. The van der Waals surface area contributed by atoms with Crippen LogP contribution in [-0.2, 0) is 5.60 Å². The zero-order valence-corrected chi connectivity index (χ0v) is 11.0. The normalized spacial score (nSPS) is 31.3. The molecule has 1 aliphatic rings. The van der Waals surface area contributed by atoms with E-state index in [-0.39, 0.29) is 5.41 Å². The van der Waals surface area contributed by atoms with Crippen LogP contribution in [0.4, 0.5) is 4.39 Å². The van der Waals surface area contributed by atoms with Gasteiger partial charge in [0.05, 0.1) is 11.9 Å². The van der Waals surface area contributed by atoms with E-state index in [2.05, 4.69) is 11.9 Å². The predicted octanol–water partition coefficient (Wildman–Crippen LogP) is 2.19. The van der Waals surface area contributed by atoms with Crippen LogP contribution in [0.15, 0.2) is 18.3 Å². The highest BCUT2D eigenvalue weighted by Gasteiger charge is 2.51. The molecule has 0 bridgehead atoms. The van der Waals surface area contributed by atoms with Crippen LogP contribution in [0.5, 0.6) is 0 Å². The van der Waals surface area contributed by atoms with Crippen molar-refractivity contribution in [2.24, 2.45) is 17.1 Å². The smallest absolute Gasteiger partial charge is 0.141 e. The maximum Gasteiger partial charge on any atom is 0.141 e. The zero-order chi connectivity index (χ0) is 13.4. The molecule has 1 aromatic heterocycles. The molecule has 4 heteroatoms. The number of nitrogens with two attached hydrogens (primary N) is 1. The van der Waals surface area contributed by atoms with Crippen molar-refractivity contribution < 1.29 is 9.50 Å². The molecular weight excluding hydrogens is 231 g/mol. The Morgan fingerprint density at radius 1 is 1.61 bits per heavy atom. The highest BCUT2D eigenvalue weighted by Crippen LogP contribution is 2.52. The quantitative estimate of drug-likeness (QED) is 0.867. The van der Waals surface area contributed by atoms with Crippen LogP contribution in [0.2, 0.25) is 0 Å². The molecule has 3 N–H and O–H groups in total. The van der Waals surface area contributed by atoms with Gasteiger partial charge in [0.25, 0.3) is 0 Å². The SMILES string of the molecule is CC1CCC(CN)(C(C)(O)c2ccc(F)cn2)C1. The summed E-state index contributed by atoms with van der Waals surface area (Å²) in [4.78, 5) is 4.03. The molecule has 3 atom stereocenters. The van der Waals surface area contributed by atoms with E-state index in [9.17, 15) is 9.50 Å². The first-order valence-electron chi connectivity index (χ1n) is 6.46. The Kier molecular flexibility index (Phi) is 3.43. The van der Waals surface area contributed by atoms with E-state index in [0.717, 1.165) is 25.5 Å². The van der Waals surface area contributed by atoms with Crippen LogP contribution in [0.25, 0.3) is 0 Å². The number of nitrogens with zero attached hydrogens (tertiary/aromatic N) is 1. The molecule has 0 saturated heterocycles. The molecule has 1 aliphatic carbocycles. The van der Waals surface area contributed by atoms with E-state index < -0.39 is 11.4 Å². The molecule has 100 valence electrons. The minimum atomic E-state index is -1.11. The highest BCUT2D eigenvalue weighted by atomic mass is 19.1. The first kappa shape index (κ1) is 13.4. The van der Waals surface area contributed by atoms with Gasteiger partial charge in [-0.25, -0.2) is 4.39 Å². The van der Waals surface area contributed by atoms with Gasteiger partial charge in [-0.15, -0.1) is 0 Å². The van der Waals surface area contributed by atoms with Crippen molar-refractivity contribution in [1.82, 2.24) is 4.98 Å². The van der Waals surface area contributed by atoms with Gasteiger partial charge in [-0.2, -0.15) is 0 Å². The first-order valence-corrected chi connectivity index (χ1v) is 6.46. The lowest BCUT2D eigenvalue weighted by Gasteiger charge is -2.42. The molecule has 2 rings (SSSR count). The number of halogens is 1. The monoisotopic (exact) mass is 252 g/mol. The maximum absolute atomic E-state index is 12.9. The molecule has 0 aromatic carbocycles. The molecule has 1 heterocycles. The molecule has 0 spiro atoms. The van der Waals surface area contributed by atoms with Gasteiger partial charge in [0.2, 0.25) is 0 Å². The highest BCUT2D eigenvalue weighted by molar-refractivity contribution is 5.19. The topological polar surface area (TPSA) is 59.1 Å². The van der Waals surface area contributed by atoms with E-state index in [1.807, 2.05) is 0 Å². The third kappa shape index (κ3) is 2.04. The fourth-order valence-corrected chi connectivity index (χ4v) is 3.16. The third-order valence-corrected chi connectivity index (χ3v) is 4.50. The average Bonchev–Trinajstić information content (AvgIpc) is 2.73. The van der Waals surface area contributed by atoms with E-state index in [1.165, 1.54) is 6.07 Å². The van der Waals surface area contributed by atoms with Crippen molar-refractivity contribution in [3.8, 4) is 0 Å². The summed E-state index contributed by atoms with van der Waals surface area (Å²) in [6.45, 7) is 4.34. The molecule has 3 nitrogen and oxygen atoms in total. The standard InChI is InChI=1S/C14H21FN2O/c1-10-5-6-14(7-10,9-16)13(2,18)12-4-3-11(15)8-17-12/h3-4,8,10,18H,5-7,9,16H2,1-2H3. The van der Waals surface area contributed by atoms with Crippen molar-refractivity contribution in [3.05, 3.63) is 29.8 Å². The summed E-state index contributed by atoms with van der Waals surface area (Å²) in [6.07, 6.45) is 3.98. The molecule has 0 radical (unpaired) electrons. The number of rotatable bonds is 3. The minimum absolute atomic E-state index is 0.350. The Morgan fingerprint density at radius 3 is 2.78 bits per heavy atom. The van der Waals surface area contributed by atoms with Gasteiger partial charge in [0.1, 0.15) is 11.4 Å². The number of aromatic nitrogens is 1. The van der Waals surface area contributed by atoms with Crippen molar-refractivity contribution in [1.29, 1.82) is 0 Å². The number of aliphatic hydroxyl groups is 1. The average molecular weight is 252 g/mol. The summed E-state index contributed by atoms with van der Waals surface area (Å²) in [6, 6.07) is 2.88. The van der Waals surface area contributed by atoms with Gasteiger partial charge in [-0.05, 0) is 44.2 Å².